The van der Waals surface area contributed by atoms with Crippen LogP contribution in [0, 0.1) is 6.92 Å². The first-order valence-electron chi connectivity index (χ1n) is 8.78. The maximum absolute atomic E-state index is 12.0. The Kier molecular flexibility index (Phi) is 6.39. The first kappa shape index (κ1) is 19.6. The Labute approximate surface area is 167 Å². The van der Waals surface area contributed by atoms with Crippen LogP contribution < -0.4 is 10.6 Å². The van der Waals surface area contributed by atoms with Gasteiger partial charge in [0.2, 0.25) is 5.91 Å². The van der Waals surface area contributed by atoms with Gasteiger partial charge in [-0.1, -0.05) is 11.6 Å². The molecule has 2 amide bonds. The van der Waals surface area contributed by atoms with E-state index in [0.717, 1.165) is 17.2 Å². The van der Waals surface area contributed by atoms with E-state index in [1.807, 2.05) is 29.8 Å². The molecular weight excluding hydrogens is 378 g/mol. The summed E-state index contributed by atoms with van der Waals surface area (Å²) in [5.74, 6) is 1.20. The van der Waals surface area contributed by atoms with Crippen molar-refractivity contribution in [2.75, 3.05) is 6.54 Å². The number of aromatic nitrogens is 3. The minimum absolute atomic E-state index is 0.145. The number of benzene rings is 1. The number of aryl methyl sites for hydroxylation is 1. The topological polar surface area (TPSA) is 88.9 Å². The lowest BCUT2D eigenvalue weighted by molar-refractivity contribution is -0.121. The van der Waals surface area contributed by atoms with Crippen molar-refractivity contribution in [3.8, 4) is 5.82 Å². The second-order valence-corrected chi connectivity index (χ2v) is 6.59. The number of hydrogen-bond donors (Lipinski definition) is 2. The SMILES string of the molecule is Cc1nccn1-c1cc(CNC(=O)CCNC(=O)c2ccc(Cl)cc2)ccn1. The van der Waals surface area contributed by atoms with Crippen LogP contribution in [-0.4, -0.2) is 32.9 Å². The van der Waals surface area contributed by atoms with E-state index in [4.69, 9.17) is 11.6 Å². The Morgan fingerprint density at radius 1 is 1.07 bits per heavy atom. The fourth-order valence-corrected chi connectivity index (χ4v) is 2.73. The van der Waals surface area contributed by atoms with E-state index in [-0.39, 0.29) is 24.8 Å². The van der Waals surface area contributed by atoms with E-state index >= 15 is 0 Å². The lowest BCUT2D eigenvalue weighted by Crippen LogP contribution is -2.30. The third kappa shape index (κ3) is 5.17. The number of amides is 2. The van der Waals surface area contributed by atoms with E-state index in [1.165, 1.54) is 0 Å². The van der Waals surface area contributed by atoms with Crippen molar-refractivity contribution in [2.24, 2.45) is 0 Å². The molecule has 144 valence electrons. The standard InChI is InChI=1S/C20H20ClN5O2/c1-14-22-10-11-26(14)18-12-15(6-8-23-18)13-25-19(27)7-9-24-20(28)16-2-4-17(21)5-3-16/h2-6,8,10-12H,7,9,13H2,1H3,(H,24,28)(H,25,27). The second kappa shape index (κ2) is 9.14. The van der Waals surface area contributed by atoms with Gasteiger partial charge >= 0.3 is 0 Å². The van der Waals surface area contributed by atoms with Gasteiger partial charge in [-0.15, -0.1) is 0 Å². The zero-order chi connectivity index (χ0) is 19.9. The maximum Gasteiger partial charge on any atom is 0.251 e. The highest BCUT2D eigenvalue weighted by molar-refractivity contribution is 6.30. The first-order chi connectivity index (χ1) is 13.5. The Hall–Kier alpha value is -3.19. The molecule has 7 nitrogen and oxygen atoms in total. The molecule has 1 aromatic carbocycles. The van der Waals surface area contributed by atoms with Crippen molar-refractivity contribution in [1.82, 2.24) is 25.2 Å². The fourth-order valence-electron chi connectivity index (χ4n) is 2.60. The van der Waals surface area contributed by atoms with Gasteiger partial charge in [0.1, 0.15) is 11.6 Å². The van der Waals surface area contributed by atoms with Gasteiger partial charge in [-0.05, 0) is 48.9 Å². The zero-order valence-corrected chi connectivity index (χ0v) is 16.1. The van der Waals surface area contributed by atoms with Crippen LogP contribution in [0.5, 0.6) is 0 Å². The molecule has 0 bridgehead atoms. The number of nitrogens with one attached hydrogen (secondary N) is 2. The van der Waals surface area contributed by atoms with Gasteiger partial charge in [-0.3, -0.25) is 14.2 Å². The van der Waals surface area contributed by atoms with E-state index in [0.29, 0.717) is 17.1 Å². The molecule has 2 N–H and O–H groups in total. The van der Waals surface area contributed by atoms with E-state index in [9.17, 15) is 9.59 Å². The number of rotatable bonds is 7. The predicted octanol–water partition coefficient (Wildman–Crippen LogP) is 2.67. The smallest absolute Gasteiger partial charge is 0.251 e. The van der Waals surface area contributed by atoms with Gasteiger partial charge in [0.25, 0.3) is 5.91 Å². The highest BCUT2D eigenvalue weighted by Gasteiger charge is 2.08. The van der Waals surface area contributed by atoms with E-state index in [1.54, 1.807) is 36.7 Å². The largest absolute Gasteiger partial charge is 0.352 e. The number of halogens is 1. The van der Waals surface area contributed by atoms with Crippen molar-refractivity contribution < 1.29 is 9.59 Å². The predicted molar refractivity (Wildman–Crippen MR) is 106 cm³/mol. The van der Waals surface area contributed by atoms with Crippen LogP contribution in [-0.2, 0) is 11.3 Å². The summed E-state index contributed by atoms with van der Waals surface area (Å²) in [5.41, 5.74) is 1.43. The van der Waals surface area contributed by atoms with Gasteiger partial charge < -0.3 is 10.6 Å². The molecule has 28 heavy (non-hydrogen) atoms. The lowest BCUT2D eigenvalue weighted by Gasteiger charge is -2.09. The van der Waals surface area contributed by atoms with Crippen LogP contribution in [0.15, 0.2) is 55.0 Å². The summed E-state index contributed by atoms with van der Waals surface area (Å²) < 4.78 is 1.87. The van der Waals surface area contributed by atoms with Crippen LogP contribution >= 0.6 is 11.6 Å². The highest BCUT2D eigenvalue weighted by atomic mass is 35.5. The van der Waals surface area contributed by atoms with Crippen LogP contribution in [0.1, 0.15) is 28.2 Å². The third-order valence-electron chi connectivity index (χ3n) is 4.12. The first-order valence-corrected chi connectivity index (χ1v) is 9.16. The van der Waals surface area contributed by atoms with Crippen molar-refractivity contribution in [3.63, 3.8) is 0 Å². The van der Waals surface area contributed by atoms with Crippen molar-refractivity contribution in [3.05, 3.63) is 77.0 Å². The normalized spacial score (nSPS) is 10.5. The summed E-state index contributed by atoms with van der Waals surface area (Å²) in [6.45, 7) is 2.53. The van der Waals surface area contributed by atoms with E-state index in [2.05, 4.69) is 20.6 Å². The summed E-state index contributed by atoms with van der Waals surface area (Å²) >= 11 is 5.80. The number of carbonyl (C=O) groups excluding carboxylic acids is 2. The molecule has 8 heteroatoms. The average Bonchev–Trinajstić information content (AvgIpc) is 3.13. The third-order valence-corrected chi connectivity index (χ3v) is 4.37. The molecule has 0 unspecified atom stereocenters. The minimum Gasteiger partial charge on any atom is -0.352 e. The molecule has 3 rings (SSSR count). The minimum atomic E-state index is -0.237. The van der Waals surface area contributed by atoms with Crippen molar-refractivity contribution >= 4 is 23.4 Å². The molecule has 0 atom stereocenters. The molecule has 0 aliphatic heterocycles. The monoisotopic (exact) mass is 397 g/mol. The zero-order valence-electron chi connectivity index (χ0n) is 15.4. The molecule has 3 aromatic rings. The van der Waals surface area contributed by atoms with Crippen LogP contribution in [0.2, 0.25) is 5.02 Å². The Bertz CT molecular complexity index is 969. The van der Waals surface area contributed by atoms with Gasteiger partial charge in [0.05, 0.1) is 0 Å². The lowest BCUT2D eigenvalue weighted by atomic mass is 10.2. The summed E-state index contributed by atoms with van der Waals surface area (Å²) in [7, 11) is 0. The van der Waals surface area contributed by atoms with Crippen molar-refractivity contribution in [1.29, 1.82) is 0 Å². The number of nitrogens with zero attached hydrogens (tertiary/aromatic N) is 3. The molecule has 0 fully saturated rings. The molecular formula is C20H20ClN5O2. The van der Waals surface area contributed by atoms with Gasteiger partial charge in [0.15, 0.2) is 0 Å². The maximum atomic E-state index is 12.0. The fraction of sp³-hybridized carbons (Fsp3) is 0.200. The molecule has 2 heterocycles. The summed E-state index contributed by atoms with van der Waals surface area (Å²) in [4.78, 5) is 32.5. The van der Waals surface area contributed by atoms with Crippen LogP contribution in [0.3, 0.4) is 0 Å². The molecule has 2 aromatic heterocycles. The molecule has 0 aliphatic rings. The quantitative estimate of drug-likeness (QED) is 0.641. The number of pyridine rings is 1. The second-order valence-electron chi connectivity index (χ2n) is 6.16. The summed E-state index contributed by atoms with van der Waals surface area (Å²) in [5, 5.41) is 6.13. The van der Waals surface area contributed by atoms with Crippen LogP contribution in [0.4, 0.5) is 0 Å². The van der Waals surface area contributed by atoms with E-state index < -0.39 is 0 Å². The van der Waals surface area contributed by atoms with Gasteiger partial charge in [0, 0.05) is 48.7 Å². The van der Waals surface area contributed by atoms with Gasteiger partial charge in [-0.25, -0.2) is 9.97 Å². The molecule has 0 saturated heterocycles. The van der Waals surface area contributed by atoms with Crippen LogP contribution in [0.25, 0.3) is 5.82 Å². The Balaban J connectivity index is 1.45. The molecule has 0 radical (unpaired) electrons. The number of carbonyl (C=O) groups is 2. The molecule has 0 spiro atoms. The summed E-state index contributed by atoms with van der Waals surface area (Å²) in [6.07, 6.45) is 5.44. The highest BCUT2D eigenvalue weighted by Crippen LogP contribution is 2.10. The average molecular weight is 398 g/mol. The molecule has 0 saturated carbocycles. The van der Waals surface area contributed by atoms with Crippen molar-refractivity contribution in [2.45, 2.75) is 19.9 Å². The van der Waals surface area contributed by atoms with Gasteiger partial charge in [-0.2, -0.15) is 0 Å². The number of hydrogen-bond acceptors (Lipinski definition) is 4. The summed E-state index contributed by atoms with van der Waals surface area (Å²) in [6, 6.07) is 10.3. The Morgan fingerprint density at radius 3 is 2.57 bits per heavy atom. The Morgan fingerprint density at radius 2 is 1.86 bits per heavy atom. The number of imidazole rings is 1. The molecule has 0 aliphatic carbocycles.